The molecular weight excluding hydrogens is 116 g/mol. The van der Waals surface area contributed by atoms with E-state index in [9.17, 15) is 4.79 Å². The van der Waals surface area contributed by atoms with Gasteiger partial charge in [0.25, 0.3) is 0 Å². The summed E-state index contributed by atoms with van der Waals surface area (Å²) in [4.78, 5) is 10.7. The molecule has 2 rings (SSSR count). The molecular formula is C6H10N2O. The zero-order chi connectivity index (χ0) is 6.27. The second-order valence-electron chi connectivity index (χ2n) is 2.73. The second-order valence-corrected chi connectivity index (χ2v) is 2.73. The highest BCUT2D eigenvalue weighted by molar-refractivity contribution is 5.78. The van der Waals surface area contributed by atoms with Gasteiger partial charge in [-0.05, 0) is 12.8 Å². The van der Waals surface area contributed by atoms with Crippen LogP contribution in [0.25, 0.3) is 0 Å². The van der Waals surface area contributed by atoms with E-state index in [1.807, 2.05) is 0 Å². The fraction of sp³-hybridized carbons (Fsp3) is 0.833. The molecule has 1 amide bonds. The first-order valence-corrected chi connectivity index (χ1v) is 3.42. The van der Waals surface area contributed by atoms with Gasteiger partial charge in [-0.2, -0.15) is 0 Å². The number of amides is 1. The Labute approximate surface area is 54.0 Å². The molecule has 3 heteroatoms. The lowest BCUT2D eigenvalue weighted by atomic mass is 10.2. The Morgan fingerprint density at radius 2 is 2.56 bits per heavy atom. The lowest BCUT2D eigenvalue weighted by Crippen LogP contribution is -2.33. The van der Waals surface area contributed by atoms with Gasteiger partial charge in [0.05, 0.1) is 0 Å². The first-order valence-electron chi connectivity index (χ1n) is 3.42. The summed E-state index contributed by atoms with van der Waals surface area (Å²) in [5.41, 5.74) is 2.81. The molecule has 1 N–H and O–H groups in total. The molecule has 50 valence electrons. The Morgan fingerprint density at radius 1 is 1.67 bits per heavy atom. The van der Waals surface area contributed by atoms with Gasteiger partial charge in [0.15, 0.2) is 0 Å². The minimum Gasteiger partial charge on any atom is -0.289 e. The van der Waals surface area contributed by atoms with Crippen LogP contribution in [0.3, 0.4) is 0 Å². The Kier molecular flexibility index (Phi) is 0.990. The summed E-state index contributed by atoms with van der Waals surface area (Å²) >= 11 is 0. The van der Waals surface area contributed by atoms with E-state index in [4.69, 9.17) is 0 Å². The summed E-state index contributed by atoms with van der Waals surface area (Å²) < 4.78 is 0. The van der Waals surface area contributed by atoms with Crippen molar-refractivity contribution in [1.82, 2.24) is 10.4 Å². The van der Waals surface area contributed by atoms with Gasteiger partial charge < -0.3 is 0 Å². The molecule has 9 heavy (non-hydrogen) atoms. The second kappa shape index (κ2) is 1.70. The van der Waals surface area contributed by atoms with Gasteiger partial charge in [0, 0.05) is 19.0 Å². The Balaban J connectivity index is 2.09. The molecule has 0 radical (unpaired) electrons. The molecule has 2 fully saturated rings. The lowest BCUT2D eigenvalue weighted by molar-refractivity contribution is -0.121. The van der Waals surface area contributed by atoms with Gasteiger partial charge in [0.1, 0.15) is 0 Å². The van der Waals surface area contributed by atoms with Crippen LogP contribution in [0.2, 0.25) is 0 Å². The van der Waals surface area contributed by atoms with E-state index in [1.165, 1.54) is 12.8 Å². The highest BCUT2D eigenvalue weighted by Gasteiger charge is 2.33. The minimum atomic E-state index is 0.194. The van der Waals surface area contributed by atoms with Crippen LogP contribution in [0.1, 0.15) is 19.3 Å². The molecule has 0 bridgehead atoms. The fourth-order valence-corrected chi connectivity index (χ4v) is 1.61. The summed E-state index contributed by atoms with van der Waals surface area (Å²) in [6, 6.07) is 0.525. The summed E-state index contributed by atoms with van der Waals surface area (Å²) in [7, 11) is 0. The van der Waals surface area contributed by atoms with Gasteiger partial charge in [-0.1, -0.05) is 0 Å². The SMILES string of the molecule is O=C1C[C@@H]2CCCN2N1. The minimum absolute atomic E-state index is 0.194. The molecule has 0 aromatic heterocycles. The summed E-state index contributed by atoms with van der Waals surface area (Å²) in [6.07, 6.45) is 3.16. The number of fused-ring (bicyclic) bond motifs is 1. The summed E-state index contributed by atoms with van der Waals surface area (Å²) in [5.74, 6) is 0.194. The van der Waals surface area contributed by atoms with E-state index < -0.39 is 0 Å². The summed E-state index contributed by atoms with van der Waals surface area (Å²) in [6.45, 7) is 1.05. The molecule has 0 unspecified atom stereocenters. The van der Waals surface area contributed by atoms with Crippen molar-refractivity contribution in [2.24, 2.45) is 0 Å². The third kappa shape index (κ3) is 0.721. The molecule has 2 aliphatic heterocycles. The smallest absolute Gasteiger partial charge is 0.235 e. The van der Waals surface area contributed by atoms with Crippen LogP contribution in [-0.2, 0) is 4.79 Å². The van der Waals surface area contributed by atoms with E-state index in [1.54, 1.807) is 0 Å². The highest BCUT2D eigenvalue weighted by Crippen LogP contribution is 2.21. The van der Waals surface area contributed by atoms with Crippen LogP contribution in [0.5, 0.6) is 0 Å². The number of nitrogens with one attached hydrogen (secondary N) is 1. The standard InChI is InChI=1S/C6H10N2O/c9-6-4-5-2-1-3-8(5)7-6/h5H,1-4H2,(H,7,9)/t5-/m0/s1. The predicted octanol–water partition coefficient (Wildman–Crippen LogP) is -0.114. The highest BCUT2D eigenvalue weighted by atomic mass is 16.2. The number of hydrogen-bond acceptors (Lipinski definition) is 2. The molecule has 2 aliphatic rings. The quantitative estimate of drug-likeness (QED) is 0.491. The van der Waals surface area contributed by atoms with Crippen LogP contribution in [0, 0.1) is 0 Å². The maximum atomic E-state index is 10.7. The van der Waals surface area contributed by atoms with Crippen molar-refractivity contribution in [1.29, 1.82) is 0 Å². The number of hydrogen-bond donors (Lipinski definition) is 1. The molecule has 3 nitrogen and oxygen atoms in total. The van der Waals surface area contributed by atoms with Gasteiger partial charge in [0.2, 0.25) is 5.91 Å². The normalized spacial score (nSPS) is 34.7. The molecule has 2 saturated heterocycles. The van der Waals surface area contributed by atoms with E-state index in [0.717, 1.165) is 13.0 Å². The van der Waals surface area contributed by atoms with Crippen molar-refractivity contribution in [3.63, 3.8) is 0 Å². The van der Waals surface area contributed by atoms with E-state index >= 15 is 0 Å². The van der Waals surface area contributed by atoms with Crippen LogP contribution in [0.4, 0.5) is 0 Å². The van der Waals surface area contributed by atoms with Crippen LogP contribution in [0.15, 0.2) is 0 Å². The van der Waals surface area contributed by atoms with Crippen molar-refractivity contribution in [2.75, 3.05) is 6.54 Å². The van der Waals surface area contributed by atoms with Gasteiger partial charge in [-0.15, -0.1) is 0 Å². The van der Waals surface area contributed by atoms with Crippen molar-refractivity contribution in [2.45, 2.75) is 25.3 Å². The Morgan fingerprint density at radius 3 is 3.33 bits per heavy atom. The van der Waals surface area contributed by atoms with Gasteiger partial charge >= 0.3 is 0 Å². The zero-order valence-electron chi connectivity index (χ0n) is 5.26. The van der Waals surface area contributed by atoms with E-state index in [2.05, 4.69) is 10.4 Å². The largest absolute Gasteiger partial charge is 0.289 e. The van der Waals surface area contributed by atoms with E-state index in [-0.39, 0.29) is 5.91 Å². The molecule has 0 spiro atoms. The molecule has 0 aliphatic carbocycles. The van der Waals surface area contributed by atoms with Crippen molar-refractivity contribution >= 4 is 5.91 Å². The number of carbonyl (C=O) groups is 1. The van der Waals surface area contributed by atoms with Gasteiger partial charge in [-0.25, -0.2) is 5.01 Å². The monoisotopic (exact) mass is 126 g/mol. The Bertz CT molecular complexity index is 132. The lowest BCUT2D eigenvalue weighted by Gasteiger charge is -2.11. The van der Waals surface area contributed by atoms with Crippen molar-refractivity contribution in [3.05, 3.63) is 0 Å². The van der Waals surface area contributed by atoms with Gasteiger partial charge in [-0.3, -0.25) is 10.2 Å². The Hall–Kier alpha value is -0.570. The van der Waals surface area contributed by atoms with Crippen LogP contribution >= 0.6 is 0 Å². The first-order chi connectivity index (χ1) is 4.36. The third-order valence-electron chi connectivity index (χ3n) is 2.07. The summed E-state index contributed by atoms with van der Waals surface area (Å²) in [5, 5.41) is 2.06. The van der Waals surface area contributed by atoms with Crippen molar-refractivity contribution in [3.8, 4) is 0 Å². The average molecular weight is 126 g/mol. The molecule has 2 heterocycles. The number of rotatable bonds is 0. The third-order valence-corrected chi connectivity index (χ3v) is 2.07. The zero-order valence-corrected chi connectivity index (χ0v) is 5.26. The maximum Gasteiger partial charge on any atom is 0.235 e. The predicted molar refractivity (Wildman–Crippen MR) is 32.5 cm³/mol. The number of carbonyl (C=O) groups excluding carboxylic acids is 1. The molecule has 0 saturated carbocycles. The molecule has 0 aromatic carbocycles. The topological polar surface area (TPSA) is 32.3 Å². The van der Waals surface area contributed by atoms with Crippen molar-refractivity contribution < 1.29 is 4.79 Å². The molecule has 0 aromatic rings. The first kappa shape index (κ1) is 5.23. The van der Waals surface area contributed by atoms with Crippen LogP contribution < -0.4 is 5.43 Å². The molecule has 1 atom stereocenters. The average Bonchev–Trinajstić information content (AvgIpc) is 2.22. The van der Waals surface area contributed by atoms with Crippen LogP contribution in [-0.4, -0.2) is 23.5 Å². The number of nitrogens with zero attached hydrogens (tertiary/aromatic N) is 1. The fourth-order valence-electron chi connectivity index (χ4n) is 1.61. The maximum absolute atomic E-state index is 10.7. The van der Waals surface area contributed by atoms with E-state index in [0.29, 0.717) is 6.04 Å². The number of hydrazine groups is 1.